The van der Waals surface area contributed by atoms with Crippen LogP contribution in [0, 0.1) is 5.92 Å². The molecule has 0 fully saturated rings. The van der Waals surface area contributed by atoms with Crippen molar-refractivity contribution in [1.82, 2.24) is 14.7 Å². The van der Waals surface area contributed by atoms with Crippen molar-refractivity contribution in [3.63, 3.8) is 0 Å². The van der Waals surface area contributed by atoms with Crippen LogP contribution in [0.5, 0.6) is 11.6 Å². The highest BCUT2D eigenvalue weighted by molar-refractivity contribution is 5.65. The van der Waals surface area contributed by atoms with Crippen LogP contribution in [-0.4, -0.2) is 51.7 Å². The van der Waals surface area contributed by atoms with Gasteiger partial charge < -0.3 is 14.6 Å². The molecule has 0 unspecified atom stereocenters. The molecule has 6 heteroatoms. The van der Waals surface area contributed by atoms with Crippen molar-refractivity contribution in [3.8, 4) is 22.9 Å². The number of rotatable bonds is 13. The van der Waals surface area contributed by atoms with E-state index >= 15 is 0 Å². The second-order valence-electron chi connectivity index (χ2n) is 9.31. The monoisotopic (exact) mass is 465 g/mol. The van der Waals surface area contributed by atoms with Gasteiger partial charge in [0, 0.05) is 38.3 Å². The predicted molar refractivity (Wildman–Crippen MR) is 137 cm³/mol. The van der Waals surface area contributed by atoms with Crippen molar-refractivity contribution in [2.24, 2.45) is 13.0 Å². The number of aliphatic hydroxyl groups excluding tert-OH is 1. The van der Waals surface area contributed by atoms with Gasteiger partial charge in [-0.1, -0.05) is 69.3 Å². The Morgan fingerprint density at radius 1 is 0.971 bits per heavy atom. The van der Waals surface area contributed by atoms with Crippen LogP contribution < -0.4 is 4.74 Å². The van der Waals surface area contributed by atoms with E-state index in [0.29, 0.717) is 38.1 Å². The standard InChI is InChI=1S/C28H39N3O3/c1-6-22(4)31(17-24(32)20-33-19-21(2)3)18-26-27(23-13-9-7-10-14-23)29-30(5)28(26)34-25-15-11-8-12-16-25/h7-16,21-22,24,32H,6,17-20H2,1-5H3/t22-,24-/m1/s1. The third kappa shape index (κ3) is 7.16. The number of hydrogen-bond acceptors (Lipinski definition) is 5. The van der Waals surface area contributed by atoms with Gasteiger partial charge in [0.1, 0.15) is 11.4 Å². The summed E-state index contributed by atoms with van der Waals surface area (Å²) in [4.78, 5) is 2.30. The first kappa shape index (κ1) is 25.9. The van der Waals surface area contributed by atoms with Crippen molar-refractivity contribution < 1.29 is 14.6 Å². The van der Waals surface area contributed by atoms with Crippen LogP contribution in [0.3, 0.4) is 0 Å². The Morgan fingerprint density at radius 3 is 2.24 bits per heavy atom. The van der Waals surface area contributed by atoms with E-state index in [-0.39, 0.29) is 6.04 Å². The van der Waals surface area contributed by atoms with E-state index in [1.807, 2.05) is 60.3 Å². The normalized spacial score (nSPS) is 13.4. The van der Waals surface area contributed by atoms with Crippen molar-refractivity contribution in [2.45, 2.75) is 52.8 Å². The summed E-state index contributed by atoms with van der Waals surface area (Å²) < 4.78 is 13.9. The number of nitrogens with zero attached hydrogens (tertiary/aromatic N) is 3. The number of benzene rings is 2. The van der Waals surface area contributed by atoms with E-state index in [0.717, 1.165) is 29.0 Å². The molecule has 0 saturated heterocycles. The minimum Gasteiger partial charge on any atom is -0.439 e. The van der Waals surface area contributed by atoms with Crippen LogP contribution in [0.1, 0.15) is 39.7 Å². The summed E-state index contributed by atoms with van der Waals surface area (Å²) in [6.45, 7) is 10.7. The Balaban J connectivity index is 1.91. The Bertz CT molecular complexity index is 989. The molecular weight excluding hydrogens is 426 g/mol. The molecule has 0 spiro atoms. The smallest absolute Gasteiger partial charge is 0.222 e. The first-order valence-electron chi connectivity index (χ1n) is 12.2. The summed E-state index contributed by atoms with van der Waals surface area (Å²) in [5, 5.41) is 15.6. The summed E-state index contributed by atoms with van der Waals surface area (Å²) in [6.07, 6.45) is 0.401. The molecular formula is C28H39N3O3. The Morgan fingerprint density at radius 2 is 1.62 bits per heavy atom. The molecule has 1 N–H and O–H groups in total. The lowest BCUT2D eigenvalue weighted by atomic mass is 10.1. The molecule has 0 bridgehead atoms. The van der Waals surface area contributed by atoms with Gasteiger partial charge >= 0.3 is 0 Å². The molecule has 184 valence electrons. The first-order valence-corrected chi connectivity index (χ1v) is 12.2. The molecule has 6 nitrogen and oxygen atoms in total. The Kier molecular flexibility index (Phi) is 9.69. The van der Waals surface area contributed by atoms with Crippen LogP contribution in [0.25, 0.3) is 11.3 Å². The largest absolute Gasteiger partial charge is 0.439 e. The topological polar surface area (TPSA) is 59.8 Å². The summed E-state index contributed by atoms with van der Waals surface area (Å²) >= 11 is 0. The molecule has 0 aliphatic carbocycles. The summed E-state index contributed by atoms with van der Waals surface area (Å²) in [6, 6.07) is 20.2. The number of aliphatic hydroxyl groups is 1. The quantitative estimate of drug-likeness (QED) is 0.360. The highest BCUT2D eigenvalue weighted by Gasteiger charge is 2.25. The van der Waals surface area contributed by atoms with Crippen molar-refractivity contribution in [1.29, 1.82) is 0 Å². The minimum absolute atomic E-state index is 0.271. The maximum atomic E-state index is 10.7. The summed E-state index contributed by atoms with van der Waals surface area (Å²) in [5.74, 6) is 1.92. The second-order valence-corrected chi connectivity index (χ2v) is 9.31. The zero-order valence-corrected chi connectivity index (χ0v) is 21.1. The van der Waals surface area contributed by atoms with Gasteiger partial charge in [0.15, 0.2) is 0 Å². The average molecular weight is 466 g/mol. The number of aryl methyl sites for hydroxylation is 1. The van der Waals surface area contributed by atoms with Gasteiger partial charge in [-0.05, 0) is 31.4 Å². The molecule has 3 aromatic rings. The van der Waals surface area contributed by atoms with Crippen LogP contribution in [0.2, 0.25) is 0 Å². The van der Waals surface area contributed by atoms with Gasteiger partial charge in [-0.2, -0.15) is 5.10 Å². The molecule has 0 amide bonds. The highest BCUT2D eigenvalue weighted by atomic mass is 16.5. The number of hydrogen-bond donors (Lipinski definition) is 1. The van der Waals surface area contributed by atoms with E-state index in [2.05, 4.69) is 44.7 Å². The lowest BCUT2D eigenvalue weighted by Crippen LogP contribution is -2.40. The van der Waals surface area contributed by atoms with Crippen LogP contribution in [0.15, 0.2) is 60.7 Å². The van der Waals surface area contributed by atoms with Gasteiger partial charge in [-0.15, -0.1) is 0 Å². The molecule has 2 aromatic carbocycles. The maximum Gasteiger partial charge on any atom is 0.222 e. The molecule has 0 aliphatic rings. The first-order chi connectivity index (χ1) is 16.4. The molecule has 0 aliphatic heterocycles. The maximum absolute atomic E-state index is 10.7. The minimum atomic E-state index is -0.567. The Labute approximate surface area is 204 Å². The zero-order chi connectivity index (χ0) is 24.5. The van der Waals surface area contributed by atoms with E-state index in [1.54, 1.807) is 0 Å². The molecule has 2 atom stereocenters. The van der Waals surface area contributed by atoms with Crippen LogP contribution in [0.4, 0.5) is 0 Å². The van der Waals surface area contributed by atoms with Gasteiger partial charge in [-0.3, -0.25) is 4.90 Å². The van der Waals surface area contributed by atoms with Crippen molar-refractivity contribution >= 4 is 0 Å². The third-order valence-electron chi connectivity index (χ3n) is 5.87. The van der Waals surface area contributed by atoms with E-state index < -0.39 is 6.10 Å². The van der Waals surface area contributed by atoms with Gasteiger partial charge in [-0.25, -0.2) is 4.68 Å². The van der Waals surface area contributed by atoms with Crippen LogP contribution >= 0.6 is 0 Å². The fourth-order valence-corrected chi connectivity index (χ4v) is 3.88. The number of aromatic nitrogens is 2. The predicted octanol–water partition coefficient (Wildman–Crippen LogP) is 5.51. The number of para-hydroxylation sites is 1. The van der Waals surface area contributed by atoms with Crippen molar-refractivity contribution in [3.05, 3.63) is 66.2 Å². The van der Waals surface area contributed by atoms with Crippen molar-refractivity contribution in [2.75, 3.05) is 19.8 Å². The van der Waals surface area contributed by atoms with E-state index in [9.17, 15) is 5.11 Å². The SMILES string of the molecule is CC[C@@H](C)N(Cc1c(-c2ccccc2)nn(C)c1Oc1ccccc1)C[C@@H](O)COCC(C)C. The molecule has 34 heavy (non-hydrogen) atoms. The molecule has 1 aromatic heterocycles. The van der Waals surface area contributed by atoms with E-state index in [4.69, 9.17) is 14.6 Å². The summed E-state index contributed by atoms with van der Waals surface area (Å²) in [5.41, 5.74) is 2.95. The highest BCUT2D eigenvalue weighted by Crippen LogP contribution is 2.34. The third-order valence-corrected chi connectivity index (χ3v) is 5.87. The second kappa shape index (κ2) is 12.7. The number of ether oxygens (including phenoxy) is 2. The fourth-order valence-electron chi connectivity index (χ4n) is 3.88. The lowest BCUT2D eigenvalue weighted by Gasteiger charge is -2.30. The summed E-state index contributed by atoms with van der Waals surface area (Å²) in [7, 11) is 1.91. The fraction of sp³-hybridized carbons (Fsp3) is 0.464. The molecule has 0 radical (unpaired) electrons. The van der Waals surface area contributed by atoms with Crippen LogP contribution in [-0.2, 0) is 18.3 Å². The lowest BCUT2D eigenvalue weighted by molar-refractivity contribution is 0.0000409. The van der Waals surface area contributed by atoms with Gasteiger partial charge in [0.05, 0.1) is 18.3 Å². The van der Waals surface area contributed by atoms with Gasteiger partial charge in [0.2, 0.25) is 5.88 Å². The Hall–Kier alpha value is -2.67. The molecule has 1 heterocycles. The average Bonchev–Trinajstić information content (AvgIpc) is 3.14. The van der Waals surface area contributed by atoms with E-state index in [1.165, 1.54) is 0 Å². The molecule has 3 rings (SSSR count). The molecule has 0 saturated carbocycles. The zero-order valence-electron chi connectivity index (χ0n) is 21.1. The van der Waals surface area contributed by atoms with Gasteiger partial charge in [0.25, 0.3) is 0 Å².